The molecule has 4 heteroatoms. The van der Waals surface area contributed by atoms with Crippen molar-refractivity contribution in [2.45, 2.75) is 59.1 Å². The summed E-state index contributed by atoms with van der Waals surface area (Å²) in [6.07, 6.45) is 2.31. The molecule has 1 rings (SSSR count). The van der Waals surface area contributed by atoms with Crippen molar-refractivity contribution >= 4 is 12.4 Å². The number of aldehydes is 1. The van der Waals surface area contributed by atoms with Crippen molar-refractivity contribution in [1.82, 2.24) is 4.90 Å². The summed E-state index contributed by atoms with van der Waals surface area (Å²) in [5, 5.41) is 0. The molecule has 1 saturated heterocycles. The van der Waals surface area contributed by atoms with E-state index in [1.807, 2.05) is 34.6 Å². The minimum absolute atomic E-state index is 0.137. The van der Waals surface area contributed by atoms with Crippen LogP contribution < -0.4 is 0 Å². The number of piperidine rings is 1. The lowest BCUT2D eigenvalue weighted by Crippen LogP contribution is -2.51. The molecule has 0 aromatic rings. The molecule has 0 bridgehead atoms. The number of likely N-dealkylation sites (tertiary alicyclic amines) is 1. The first kappa shape index (κ1) is 14.0. The Morgan fingerprint density at radius 3 is 2.53 bits per heavy atom. The molecule has 17 heavy (non-hydrogen) atoms. The van der Waals surface area contributed by atoms with Crippen molar-refractivity contribution in [2.24, 2.45) is 5.41 Å². The van der Waals surface area contributed by atoms with Gasteiger partial charge < -0.3 is 14.4 Å². The zero-order chi connectivity index (χ0) is 13.3. The van der Waals surface area contributed by atoms with Gasteiger partial charge in [0.05, 0.1) is 0 Å². The Morgan fingerprint density at radius 2 is 2.06 bits per heavy atom. The molecule has 0 aliphatic carbocycles. The Bertz CT molecular complexity index is 308. The van der Waals surface area contributed by atoms with Crippen LogP contribution in [0.2, 0.25) is 0 Å². The first-order valence-electron chi connectivity index (χ1n) is 6.13. The Labute approximate surface area is 103 Å². The van der Waals surface area contributed by atoms with Gasteiger partial charge in [0.1, 0.15) is 11.9 Å². The zero-order valence-electron chi connectivity index (χ0n) is 11.4. The smallest absolute Gasteiger partial charge is 0.410 e. The normalized spacial score (nSPS) is 29.9. The van der Waals surface area contributed by atoms with Gasteiger partial charge in [0.2, 0.25) is 0 Å². The van der Waals surface area contributed by atoms with Gasteiger partial charge in [-0.3, -0.25) is 0 Å². The van der Waals surface area contributed by atoms with Crippen molar-refractivity contribution in [3.8, 4) is 0 Å². The number of amides is 1. The maximum Gasteiger partial charge on any atom is 0.410 e. The van der Waals surface area contributed by atoms with Gasteiger partial charge >= 0.3 is 6.09 Å². The average Bonchev–Trinajstić information content (AvgIpc) is 2.19. The topological polar surface area (TPSA) is 46.6 Å². The minimum Gasteiger partial charge on any atom is -0.444 e. The number of carbonyl (C=O) groups excluding carboxylic acids is 2. The van der Waals surface area contributed by atoms with Crippen LogP contribution in [-0.4, -0.2) is 35.5 Å². The molecule has 1 aliphatic heterocycles. The third-order valence-corrected chi connectivity index (χ3v) is 3.11. The largest absolute Gasteiger partial charge is 0.444 e. The molecule has 0 aromatic carbocycles. The Balaban J connectivity index is 2.74. The van der Waals surface area contributed by atoms with Gasteiger partial charge in [-0.15, -0.1) is 0 Å². The van der Waals surface area contributed by atoms with E-state index < -0.39 is 11.0 Å². The van der Waals surface area contributed by atoms with Gasteiger partial charge in [-0.05, 0) is 40.5 Å². The van der Waals surface area contributed by atoms with Crippen LogP contribution >= 0.6 is 0 Å². The lowest BCUT2D eigenvalue weighted by molar-refractivity contribution is -0.118. The van der Waals surface area contributed by atoms with Gasteiger partial charge in [-0.2, -0.15) is 0 Å². The molecule has 0 spiro atoms. The Morgan fingerprint density at radius 1 is 1.47 bits per heavy atom. The third-order valence-electron chi connectivity index (χ3n) is 3.11. The van der Waals surface area contributed by atoms with Crippen molar-refractivity contribution in [3.63, 3.8) is 0 Å². The fourth-order valence-corrected chi connectivity index (χ4v) is 1.98. The van der Waals surface area contributed by atoms with Crippen LogP contribution in [0.15, 0.2) is 0 Å². The fraction of sp³-hybridized carbons (Fsp3) is 0.846. The van der Waals surface area contributed by atoms with Gasteiger partial charge in [0.15, 0.2) is 0 Å². The van der Waals surface area contributed by atoms with E-state index in [-0.39, 0.29) is 12.1 Å². The number of carbonyl (C=O) groups is 2. The maximum atomic E-state index is 12.0. The second-order valence-corrected chi connectivity index (χ2v) is 6.27. The van der Waals surface area contributed by atoms with Gasteiger partial charge in [0.25, 0.3) is 0 Å². The lowest BCUT2D eigenvalue weighted by Gasteiger charge is -2.41. The average molecular weight is 241 g/mol. The van der Waals surface area contributed by atoms with Crippen LogP contribution in [0, 0.1) is 5.41 Å². The highest BCUT2D eigenvalue weighted by molar-refractivity contribution is 5.70. The van der Waals surface area contributed by atoms with Crippen molar-refractivity contribution in [2.75, 3.05) is 6.54 Å². The van der Waals surface area contributed by atoms with E-state index in [4.69, 9.17) is 4.74 Å². The molecule has 98 valence electrons. The van der Waals surface area contributed by atoms with Gasteiger partial charge in [0, 0.05) is 18.0 Å². The predicted molar refractivity (Wildman–Crippen MR) is 65.8 cm³/mol. The molecule has 1 aliphatic rings. The standard InChI is InChI=1S/C13H23NO3/c1-10-6-7-13(5,9-15)8-14(10)11(16)17-12(2,3)4/h9-10H,6-8H2,1-5H3. The number of hydrogen-bond donors (Lipinski definition) is 0. The highest BCUT2D eigenvalue weighted by Gasteiger charge is 2.38. The van der Waals surface area contributed by atoms with E-state index in [2.05, 4.69) is 0 Å². The predicted octanol–water partition coefficient (Wildman–Crippen LogP) is 2.61. The molecule has 0 saturated carbocycles. The second-order valence-electron chi connectivity index (χ2n) is 6.27. The Kier molecular flexibility index (Phi) is 3.84. The van der Waals surface area contributed by atoms with E-state index in [1.54, 1.807) is 4.90 Å². The zero-order valence-corrected chi connectivity index (χ0v) is 11.4. The molecule has 1 amide bonds. The van der Waals surface area contributed by atoms with E-state index in [0.717, 1.165) is 19.1 Å². The van der Waals surface area contributed by atoms with Crippen molar-refractivity contribution in [3.05, 3.63) is 0 Å². The number of nitrogens with zero attached hydrogens (tertiary/aromatic N) is 1. The molecule has 4 nitrogen and oxygen atoms in total. The molecule has 1 heterocycles. The summed E-state index contributed by atoms with van der Waals surface area (Å²) in [6, 6.07) is 0.137. The van der Waals surface area contributed by atoms with Crippen LogP contribution in [0.3, 0.4) is 0 Å². The molecule has 0 N–H and O–H groups in total. The summed E-state index contributed by atoms with van der Waals surface area (Å²) in [5.41, 5.74) is -0.921. The van der Waals surface area contributed by atoms with Crippen molar-refractivity contribution in [1.29, 1.82) is 0 Å². The van der Waals surface area contributed by atoms with E-state index in [0.29, 0.717) is 6.54 Å². The number of hydrogen-bond acceptors (Lipinski definition) is 3. The molecule has 2 atom stereocenters. The minimum atomic E-state index is -0.494. The van der Waals surface area contributed by atoms with Crippen LogP contribution in [-0.2, 0) is 9.53 Å². The maximum absolute atomic E-state index is 12.0. The second kappa shape index (κ2) is 4.67. The third kappa shape index (κ3) is 3.72. The quantitative estimate of drug-likeness (QED) is 0.663. The van der Waals surface area contributed by atoms with Crippen LogP contribution in [0.1, 0.15) is 47.5 Å². The van der Waals surface area contributed by atoms with Gasteiger partial charge in [-0.1, -0.05) is 6.92 Å². The van der Waals surface area contributed by atoms with Gasteiger partial charge in [-0.25, -0.2) is 4.79 Å². The summed E-state index contributed by atoms with van der Waals surface area (Å²) >= 11 is 0. The Hall–Kier alpha value is -1.06. The summed E-state index contributed by atoms with van der Waals surface area (Å²) in [4.78, 5) is 24.7. The highest BCUT2D eigenvalue weighted by Crippen LogP contribution is 2.31. The molecule has 2 unspecified atom stereocenters. The summed E-state index contributed by atoms with van der Waals surface area (Å²) in [5.74, 6) is 0. The van der Waals surface area contributed by atoms with E-state index in [9.17, 15) is 9.59 Å². The van der Waals surface area contributed by atoms with E-state index in [1.165, 1.54) is 0 Å². The lowest BCUT2D eigenvalue weighted by atomic mass is 9.81. The van der Waals surface area contributed by atoms with E-state index >= 15 is 0 Å². The fourth-order valence-electron chi connectivity index (χ4n) is 1.98. The summed E-state index contributed by atoms with van der Waals surface area (Å²) in [6.45, 7) is 9.87. The van der Waals surface area contributed by atoms with Crippen LogP contribution in [0.25, 0.3) is 0 Å². The van der Waals surface area contributed by atoms with Crippen LogP contribution in [0.5, 0.6) is 0 Å². The van der Waals surface area contributed by atoms with Crippen LogP contribution in [0.4, 0.5) is 4.79 Å². The first-order chi connectivity index (χ1) is 7.67. The molecule has 0 radical (unpaired) electrons. The first-order valence-corrected chi connectivity index (χ1v) is 6.13. The molecule has 1 fully saturated rings. The highest BCUT2D eigenvalue weighted by atomic mass is 16.6. The summed E-state index contributed by atoms with van der Waals surface area (Å²) in [7, 11) is 0. The molecular weight excluding hydrogens is 218 g/mol. The number of ether oxygens (including phenoxy) is 1. The van der Waals surface area contributed by atoms with Crippen molar-refractivity contribution < 1.29 is 14.3 Å². The molecule has 0 aromatic heterocycles. The summed E-state index contributed by atoms with van der Waals surface area (Å²) < 4.78 is 5.36. The monoisotopic (exact) mass is 241 g/mol. The SMILES string of the molecule is CC1CCC(C)(C=O)CN1C(=O)OC(C)(C)C. The number of rotatable bonds is 1. The molecular formula is C13H23NO3.